The molecule has 0 spiro atoms. The molecule has 5 heteroatoms. The van der Waals surface area contributed by atoms with Crippen LogP contribution in [0.4, 0.5) is 0 Å². The van der Waals surface area contributed by atoms with Crippen molar-refractivity contribution in [2.45, 2.75) is 6.54 Å². The third kappa shape index (κ3) is 4.52. The van der Waals surface area contributed by atoms with Gasteiger partial charge in [-0.3, -0.25) is 4.99 Å². The molecule has 0 bridgehead atoms. The largest absolute Gasteiger partial charge is 0.456 e. The van der Waals surface area contributed by atoms with Gasteiger partial charge >= 0.3 is 0 Å². The Morgan fingerprint density at radius 1 is 0.591 bits per heavy atom. The third-order valence-electron chi connectivity index (χ3n) is 6.40. The Morgan fingerprint density at radius 2 is 1.27 bits per heavy atom. The van der Waals surface area contributed by atoms with Gasteiger partial charge in [-0.1, -0.05) is 109 Å². The second-order valence-corrected chi connectivity index (χ2v) is 9.01. The first-order chi connectivity index (χ1) is 31.3. The lowest BCUT2D eigenvalue weighted by Crippen LogP contribution is -2.17. The van der Waals surface area contributed by atoms with Gasteiger partial charge in [0.1, 0.15) is 28.2 Å². The van der Waals surface area contributed by atoms with Crippen molar-refractivity contribution in [1.29, 1.82) is 0 Å². The maximum Gasteiger partial charge on any atom is 0.158 e. The molecule has 0 atom stereocenters. The average molecular weight is 593 g/mol. The van der Waals surface area contributed by atoms with E-state index in [9.17, 15) is 2.74 Å². The maximum atomic E-state index is 9.44. The summed E-state index contributed by atoms with van der Waals surface area (Å²) < 4.78 is 209. The van der Waals surface area contributed by atoms with E-state index in [1.807, 2.05) is 0 Å². The van der Waals surface area contributed by atoms with E-state index in [-0.39, 0.29) is 10.8 Å². The highest BCUT2D eigenvalue weighted by Gasteiger charge is 2.18. The monoisotopic (exact) mass is 592 g/mol. The molecule has 6 aromatic carbocycles. The van der Waals surface area contributed by atoms with E-state index < -0.39 is 218 Å². The number of benzene rings is 6. The normalized spacial score (nSPS) is 19.9. The van der Waals surface area contributed by atoms with Gasteiger partial charge in [-0.25, -0.2) is 4.99 Å². The van der Waals surface area contributed by atoms with Gasteiger partial charge in [-0.05, 0) is 46.9 Å². The molecule has 0 aliphatic heterocycles. The van der Waals surface area contributed by atoms with Gasteiger partial charge < -0.3 is 14.6 Å². The number of nitrogens with two attached hydrogens (primary N) is 1. The summed E-state index contributed by atoms with van der Waals surface area (Å²) in [7, 11) is 0. The Bertz CT molecular complexity index is 3610. The lowest BCUT2D eigenvalue weighted by atomic mass is 10.0. The van der Waals surface area contributed by atoms with Gasteiger partial charge in [-0.15, -0.1) is 0 Å². The van der Waals surface area contributed by atoms with E-state index in [0.29, 0.717) is 0 Å². The fraction of sp³-hybridized carbons (Fsp3) is 0.0256. The van der Waals surface area contributed by atoms with Crippen LogP contribution in [-0.2, 0) is 6.54 Å². The molecule has 0 saturated heterocycles. The van der Waals surface area contributed by atoms with Crippen molar-refractivity contribution in [3.8, 4) is 11.1 Å². The van der Waals surface area contributed by atoms with Crippen molar-refractivity contribution in [3.05, 3.63) is 156 Å². The van der Waals surface area contributed by atoms with Crippen molar-refractivity contribution in [3.63, 3.8) is 0 Å². The molecule has 0 fully saturated rings. The topological polar surface area (TPSA) is 77.0 Å². The minimum atomic E-state index is -0.909. The summed E-state index contributed by atoms with van der Waals surface area (Å²) in [5.74, 6) is -1.64. The summed E-state index contributed by atoms with van der Waals surface area (Å²) in [5.41, 5.74) is 1.38. The predicted octanol–water partition coefficient (Wildman–Crippen LogP) is 9.50. The summed E-state index contributed by atoms with van der Waals surface area (Å²) >= 11 is 0. The van der Waals surface area contributed by atoms with Gasteiger partial charge in [0.25, 0.3) is 0 Å². The lowest BCUT2D eigenvalue weighted by molar-refractivity contribution is 0.668. The molecule has 8 aromatic rings. The maximum absolute atomic E-state index is 9.44. The SMILES string of the molecule is [2H]c1c([2H])c([2H])c(CN=C(N=C(N)c2c([2H])c([2H])c([2H])c3c2oc2c([2H])c([2H])c([2H])c([2H])c23)c2c([2H])c([2H])c([2H])c3oc4c([2H])c([2H])c(-c5c([2H])c([2H])c([2H])c([2H])c5[2H])c([2H])c4c23)c([2H])c1[2H]. The highest BCUT2D eigenvalue weighted by molar-refractivity contribution is 6.23. The number of aliphatic imine (C=N–C) groups is 2. The number of hydrogen-bond donors (Lipinski definition) is 1. The van der Waals surface area contributed by atoms with Crippen molar-refractivity contribution in [2.24, 2.45) is 15.7 Å². The number of hydrogen-bond acceptors (Lipinski definition) is 3. The predicted molar refractivity (Wildman–Crippen MR) is 180 cm³/mol. The summed E-state index contributed by atoms with van der Waals surface area (Å²) in [4.78, 5) is 8.78. The number of rotatable bonds is 5. The molecule has 210 valence electrons. The average Bonchev–Trinajstić information content (AvgIpc) is 3.89. The first kappa shape index (κ1) is 11.3. The van der Waals surface area contributed by atoms with E-state index in [1.54, 1.807) is 0 Å². The van der Waals surface area contributed by atoms with Crippen molar-refractivity contribution < 1.29 is 40.4 Å². The molecule has 5 nitrogen and oxygen atoms in total. The quantitative estimate of drug-likeness (QED) is 0.160. The minimum Gasteiger partial charge on any atom is -0.456 e. The molecule has 8 rings (SSSR count). The molecule has 2 N–H and O–H groups in total. The molecule has 2 heterocycles. The highest BCUT2D eigenvalue weighted by atomic mass is 16.3. The Morgan fingerprint density at radius 3 is 2.14 bits per heavy atom. The van der Waals surface area contributed by atoms with Crippen LogP contribution in [0.3, 0.4) is 0 Å². The van der Waals surface area contributed by atoms with Crippen LogP contribution in [-0.4, -0.2) is 11.7 Å². The molecule has 44 heavy (non-hydrogen) atoms. The van der Waals surface area contributed by atoms with Crippen LogP contribution in [0.5, 0.6) is 0 Å². The van der Waals surface area contributed by atoms with Crippen LogP contribution in [0.15, 0.2) is 158 Å². The van der Waals surface area contributed by atoms with Crippen LogP contribution >= 0.6 is 0 Å². The Hall–Kier alpha value is -5.94. The Labute approximate surface area is 285 Å². The van der Waals surface area contributed by atoms with Gasteiger partial charge in [0, 0.05) is 27.1 Å². The number of para-hydroxylation sites is 2. The zero-order valence-electron chi connectivity index (χ0n) is 45.0. The zero-order chi connectivity index (χ0) is 49.5. The van der Waals surface area contributed by atoms with E-state index in [1.165, 1.54) is 0 Å². The van der Waals surface area contributed by atoms with E-state index in [0.717, 1.165) is 0 Å². The Balaban J connectivity index is 1.55. The van der Waals surface area contributed by atoms with Gasteiger partial charge in [0.15, 0.2) is 5.84 Å². The molecule has 0 amide bonds. The zero-order valence-corrected chi connectivity index (χ0v) is 22.0. The standard InChI is InChI=1S/C39H27N3O2/c40-38(31-18-9-16-29-28-15-7-8-19-33(28)44-37(29)31)42-39(41-24-25-11-3-1-4-12-25)30-17-10-20-35-36(30)32-23-27(21-22-34(32)43-35)26-13-5-2-6-14-26/h1-23H,24H2,(H2,40,41,42)/i1D,2D,3D,4D,5D,6D,7D,8D,9D,10D,11D,12D,13D,14D,15D,16D,17D,18D,19D,20D,21D,22D,23D. The molecular weight excluding hydrogens is 542 g/mol. The lowest BCUT2D eigenvalue weighted by Gasteiger charge is -2.08. The fourth-order valence-electron chi connectivity index (χ4n) is 4.48. The van der Waals surface area contributed by atoms with Gasteiger partial charge in [0.2, 0.25) is 0 Å². The van der Waals surface area contributed by atoms with Gasteiger partial charge in [0.05, 0.1) is 43.6 Å². The van der Waals surface area contributed by atoms with Gasteiger partial charge in [-0.2, -0.15) is 0 Å². The smallest absolute Gasteiger partial charge is 0.158 e. The van der Waals surface area contributed by atoms with Crippen LogP contribution in [0.2, 0.25) is 0 Å². The molecular formula is C39H27N3O2. The van der Waals surface area contributed by atoms with E-state index in [4.69, 9.17) is 43.4 Å². The summed E-state index contributed by atoms with van der Waals surface area (Å²) in [6, 6.07) is -18.1. The van der Waals surface area contributed by atoms with E-state index >= 15 is 0 Å². The van der Waals surface area contributed by atoms with Crippen LogP contribution in [0.1, 0.15) is 48.2 Å². The number of furan rings is 2. The molecule has 0 aliphatic rings. The van der Waals surface area contributed by atoms with Crippen LogP contribution < -0.4 is 5.73 Å². The highest BCUT2D eigenvalue weighted by Crippen LogP contribution is 2.35. The number of nitrogens with zero attached hydrogens (tertiary/aromatic N) is 2. The minimum absolute atomic E-state index is 0.341. The first-order valence-electron chi connectivity index (χ1n) is 24.2. The summed E-state index contributed by atoms with van der Waals surface area (Å²) in [6.45, 7) is -0.872. The van der Waals surface area contributed by atoms with Crippen LogP contribution in [0, 0.1) is 0 Å². The summed E-state index contributed by atoms with van der Waals surface area (Å²) in [5, 5.41) is -1.74. The molecule has 2 aromatic heterocycles. The molecule has 0 saturated carbocycles. The Kier molecular flexibility index (Phi) is 2.75. The van der Waals surface area contributed by atoms with Crippen molar-refractivity contribution >= 4 is 55.5 Å². The molecule has 0 unspecified atom stereocenters. The third-order valence-corrected chi connectivity index (χ3v) is 6.40. The second kappa shape index (κ2) is 10.7. The van der Waals surface area contributed by atoms with Crippen LogP contribution in [0.25, 0.3) is 55.0 Å². The fourth-order valence-corrected chi connectivity index (χ4v) is 4.48. The number of amidine groups is 2. The van der Waals surface area contributed by atoms with E-state index in [2.05, 4.69) is 9.98 Å². The molecule has 0 radical (unpaired) electrons. The molecule has 0 aliphatic carbocycles. The van der Waals surface area contributed by atoms with Crippen molar-refractivity contribution in [1.82, 2.24) is 0 Å². The first-order valence-corrected chi connectivity index (χ1v) is 12.7. The number of fused-ring (bicyclic) bond motifs is 6. The van der Waals surface area contributed by atoms with Crippen molar-refractivity contribution in [2.75, 3.05) is 0 Å². The second-order valence-electron chi connectivity index (χ2n) is 9.01. The summed E-state index contributed by atoms with van der Waals surface area (Å²) in [6.07, 6.45) is 0.